The van der Waals surface area contributed by atoms with Gasteiger partial charge in [0.25, 0.3) is 5.92 Å². The molecule has 0 unspecified atom stereocenters. The lowest BCUT2D eigenvalue weighted by Gasteiger charge is -2.46. The van der Waals surface area contributed by atoms with Gasteiger partial charge in [0.05, 0.1) is 29.4 Å². The van der Waals surface area contributed by atoms with Crippen molar-refractivity contribution in [3.05, 3.63) is 29.3 Å². The van der Waals surface area contributed by atoms with Crippen LogP contribution in [0.15, 0.2) is 12.1 Å². The van der Waals surface area contributed by atoms with E-state index in [1.165, 1.54) is 0 Å². The molecule has 1 aromatic carbocycles. The predicted octanol–water partition coefficient (Wildman–Crippen LogP) is 4.77. The van der Waals surface area contributed by atoms with E-state index in [4.69, 9.17) is 15.2 Å². The Morgan fingerprint density at radius 3 is 2.62 bits per heavy atom. The van der Waals surface area contributed by atoms with Crippen LogP contribution >= 0.6 is 0 Å². The number of hydrogen-bond donors (Lipinski definition) is 2. The zero-order valence-corrected chi connectivity index (χ0v) is 24.3. The Bertz CT molecular complexity index is 1690. The number of halogens is 7. The first-order valence-electron chi connectivity index (χ1n) is 14.7. The molecule has 4 aliphatic rings. The van der Waals surface area contributed by atoms with Crippen LogP contribution in [0.2, 0.25) is 0 Å². The second-order valence-electron chi connectivity index (χ2n) is 12.3. The van der Waals surface area contributed by atoms with Crippen molar-refractivity contribution < 1.29 is 40.2 Å². The SMILES string of the molecule is CC[C@@H]1CN2c3nc(OC[C@]45CCN4CC(F)(F)C5)nc4c(F)c(-c5cc(N)c(F)cc5C(F)(F)F)nc(c34)O[C@@H](C)[C@@H]2CN1. The van der Waals surface area contributed by atoms with E-state index in [2.05, 4.69) is 20.3 Å². The number of fused-ring (bicyclic) bond motifs is 3. The lowest BCUT2D eigenvalue weighted by atomic mass is 9.85. The molecule has 0 saturated carbocycles. The van der Waals surface area contributed by atoms with E-state index in [-0.39, 0.29) is 47.9 Å². The molecule has 3 fully saturated rings. The average Bonchev–Trinajstić information content (AvgIpc) is 3.08. The number of benzene rings is 1. The van der Waals surface area contributed by atoms with Crippen LogP contribution in [-0.4, -0.2) is 82.3 Å². The third kappa shape index (κ3) is 4.87. The Balaban J connectivity index is 1.41. The highest BCUT2D eigenvalue weighted by Crippen LogP contribution is 2.48. The Kier molecular flexibility index (Phi) is 6.79. The summed E-state index contributed by atoms with van der Waals surface area (Å²) in [5.41, 5.74) is 0.517. The summed E-state index contributed by atoms with van der Waals surface area (Å²) in [4.78, 5) is 16.6. The lowest BCUT2D eigenvalue weighted by Crippen LogP contribution is -2.60. The van der Waals surface area contributed by atoms with Gasteiger partial charge in [-0.3, -0.25) is 4.90 Å². The van der Waals surface area contributed by atoms with E-state index >= 15 is 4.39 Å². The topological polar surface area (TPSA) is 102 Å². The van der Waals surface area contributed by atoms with Crippen molar-refractivity contribution in [3.8, 4) is 23.1 Å². The molecule has 0 aliphatic carbocycles. The Labute approximate surface area is 252 Å². The molecule has 16 heteroatoms. The summed E-state index contributed by atoms with van der Waals surface area (Å²) in [6.45, 7) is 4.52. The number of aromatic nitrogens is 3. The smallest absolute Gasteiger partial charge is 0.417 e. The molecule has 4 atom stereocenters. The summed E-state index contributed by atoms with van der Waals surface area (Å²) in [7, 11) is 0. The summed E-state index contributed by atoms with van der Waals surface area (Å²) < 4.78 is 114. The molecule has 3 saturated heterocycles. The van der Waals surface area contributed by atoms with Gasteiger partial charge < -0.3 is 25.4 Å². The van der Waals surface area contributed by atoms with E-state index in [1.54, 1.807) is 11.8 Å². The minimum atomic E-state index is -5.08. The maximum Gasteiger partial charge on any atom is 0.417 e. The molecule has 7 rings (SSSR count). The first-order valence-corrected chi connectivity index (χ1v) is 14.7. The molecule has 9 nitrogen and oxygen atoms in total. The minimum absolute atomic E-state index is 0.0224. The highest BCUT2D eigenvalue weighted by atomic mass is 19.4. The van der Waals surface area contributed by atoms with Crippen LogP contribution in [0.1, 0.15) is 38.7 Å². The molecule has 242 valence electrons. The first-order chi connectivity index (χ1) is 21.2. The summed E-state index contributed by atoms with van der Waals surface area (Å²) in [6.07, 6.45) is -4.87. The first kappa shape index (κ1) is 30.0. The van der Waals surface area contributed by atoms with Crippen LogP contribution in [0.4, 0.5) is 42.2 Å². The Morgan fingerprint density at radius 2 is 1.96 bits per heavy atom. The van der Waals surface area contributed by atoms with Crippen molar-refractivity contribution in [2.75, 3.05) is 43.4 Å². The number of nitrogen functional groups attached to an aromatic ring is 1. The summed E-state index contributed by atoms with van der Waals surface area (Å²) in [5.74, 6) is -5.49. The minimum Gasteiger partial charge on any atom is -0.472 e. The van der Waals surface area contributed by atoms with Gasteiger partial charge in [-0.25, -0.2) is 22.5 Å². The zero-order chi connectivity index (χ0) is 32.1. The van der Waals surface area contributed by atoms with E-state index in [1.807, 2.05) is 11.8 Å². The van der Waals surface area contributed by atoms with Crippen LogP contribution in [0.5, 0.6) is 11.9 Å². The zero-order valence-electron chi connectivity index (χ0n) is 24.3. The van der Waals surface area contributed by atoms with Crippen molar-refractivity contribution in [1.82, 2.24) is 25.2 Å². The van der Waals surface area contributed by atoms with Gasteiger partial charge in [0.15, 0.2) is 5.82 Å². The predicted molar refractivity (Wildman–Crippen MR) is 149 cm³/mol. The van der Waals surface area contributed by atoms with Gasteiger partial charge in [-0.15, -0.1) is 0 Å². The van der Waals surface area contributed by atoms with Crippen LogP contribution in [0.25, 0.3) is 22.2 Å². The summed E-state index contributed by atoms with van der Waals surface area (Å²) in [6, 6.07) is 0.216. The van der Waals surface area contributed by atoms with Crippen molar-refractivity contribution >= 4 is 22.4 Å². The number of alkyl halides is 5. The van der Waals surface area contributed by atoms with Crippen molar-refractivity contribution in [2.24, 2.45) is 0 Å². The molecule has 4 aliphatic heterocycles. The number of nitrogens with zero attached hydrogens (tertiary/aromatic N) is 5. The van der Waals surface area contributed by atoms with Gasteiger partial charge in [0.2, 0.25) is 5.88 Å². The van der Waals surface area contributed by atoms with Gasteiger partial charge in [-0.05, 0) is 31.9 Å². The maximum atomic E-state index is 16.5. The monoisotopic (exact) mass is 641 g/mol. The highest BCUT2D eigenvalue weighted by molar-refractivity contribution is 5.97. The van der Waals surface area contributed by atoms with Gasteiger partial charge >= 0.3 is 12.2 Å². The number of ether oxygens (including phenoxy) is 2. The largest absolute Gasteiger partial charge is 0.472 e. The number of pyridine rings is 1. The normalized spacial score (nSPS) is 27.4. The molecular weight excluding hydrogens is 611 g/mol. The van der Waals surface area contributed by atoms with E-state index < -0.39 is 76.4 Å². The second-order valence-corrected chi connectivity index (χ2v) is 12.3. The molecule has 3 N–H and O–H groups in total. The molecule has 2 aromatic heterocycles. The van der Waals surface area contributed by atoms with Crippen LogP contribution < -0.4 is 25.4 Å². The number of hydrogen-bond acceptors (Lipinski definition) is 9. The molecule has 0 bridgehead atoms. The van der Waals surface area contributed by atoms with Crippen molar-refractivity contribution in [2.45, 2.75) is 68.9 Å². The fourth-order valence-electron chi connectivity index (χ4n) is 6.95. The van der Waals surface area contributed by atoms with Crippen molar-refractivity contribution in [1.29, 1.82) is 0 Å². The molecule has 0 spiro atoms. The van der Waals surface area contributed by atoms with E-state index in [0.29, 0.717) is 32.1 Å². The molecule has 6 heterocycles. The number of nitrogens with two attached hydrogens (primary N) is 1. The van der Waals surface area contributed by atoms with E-state index in [0.717, 1.165) is 6.42 Å². The van der Waals surface area contributed by atoms with Crippen LogP contribution in [0, 0.1) is 11.6 Å². The Morgan fingerprint density at radius 1 is 1.18 bits per heavy atom. The van der Waals surface area contributed by atoms with Gasteiger partial charge in [0.1, 0.15) is 40.9 Å². The molecule has 0 radical (unpaired) electrons. The molecule has 45 heavy (non-hydrogen) atoms. The molecule has 3 aromatic rings. The number of anilines is 2. The van der Waals surface area contributed by atoms with Gasteiger partial charge in [0, 0.05) is 37.7 Å². The number of nitrogens with one attached hydrogen (secondary N) is 1. The summed E-state index contributed by atoms with van der Waals surface area (Å²) >= 11 is 0. The molecular formula is C29H30F7N7O2. The number of rotatable bonds is 5. The average molecular weight is 642 g/mol. The van der Waals surface area contributed by atoms with Gasteiger partial charge in [-0.1, -0.05) is 6.92 Å². The Hall–Kier alpha value is -3.66. The third-order valence-corrected chi connectivity index (χ3v) is 9.44. The van der Waals surface area contributed by atoms with E-state index in [9.17, 15) is 26.3 Å². The van der Waals surface area contributed by atoms with Crippen LogP contribution in [-0.2, 0) is 6.18 Å². The quantitative estimate of drug-likeness (QED) is 0.302. The van der Waals surface area contributed by atoms with Crippen molar-refractivity contribution in [3.63, 3.8) is 0 Å². The third-order valence-electron chi connectivity index (χ3n) is 9.44. The fraction of sp³-hybridized carbons (Fsp3) is 0.552. The van der Waals surface area contributed by atoms with Gasteiger partial charge in [-0.2, -0.15) is 23.1 Å². The van der Waals surface area contributed by atoms with Crippen LogP contribution in [0.3, 0.4) is 0 Å². The second kappa shape index (κ2) is 10.2. The standard InChI is InChI=1S/C29H30F7N7O2/c1-3-14-9-43-19(8-38-14)13(2)45-25-20-23(21(31)22(39-25)15-6-18(37)17(30)7-16(15)29(34,35)36)40-26(41-24(20)43)44-12-27-4-5-42(27)11-28(32,33)10-27/h6-7,13-14,19,38H,3-5,8-12,37H2,1-2H3/t13-,14+,19-,27+/m0/s1. The lowest BCUT2D eigenvalue weighted by molar-refractivity contribution is -0.137. The number of piperazine rings is 1. The molecule has 0 amide bonds. The highest BCUT2D eigenvalue weighted by Gasteiger charge is 2.60. The summed E-state index contributed by atoms with van der Waals surface area (Å²) in [5, 5.41) is 3.45. The fourth-order valence-corrected chi connectivity index (χ4v) is 6.95. The maximum absolute atomic E-state index is 16.5.